The van der Waals surface area contributed by atoms with Gasteiger partial charge in [-0.05, 0) is 12.1 Å². The van der Waals surface area contributed by atoms with Crippen molar-refractivity contribution in [3.63, 3.8) is 0 Å². The number of likely N-dealkylation sites (N-methyl/N-ethyl adjacent to an activating group) is 1. The quantitative estimate of drug-likeness (QED) is 0.538. The van der Waals surface area contributed by atoms with E-state index in [1.165, 1.54) is 4.68 Å². The second kappa shape index (κ2) is 7.52. The molecule has 2 aromatic carbocycles. The van der Waals surface area contributed by atoms with E-state index in [4.69, 9.17) is 4.42 Å². The van der Waals surface area contributed by atoms with E-state index in [1.807, 2.05) is 48.5 Å². The van der Waals surface area contributed by atoms with Crippen LogP contribution in [0, 0.1) is 0 Å². The maximum Gasteiger partial charge on any atom is 0.275 e. The summed E-state index contributed by atoms with van der Waals surface area (Å²) < 4.78 is 6.29. The Morgan fingerprint density at radius 3 is 2.46 bits per heavy atom. The summed E-state index contributed by atoms with van der Waals surface area (Å²) >= 11 is 0. The van der Waals surface area contributed by atoms with Crippen LogP contribution < -0.4 is 5.56 Å². The number of benzene rings is 2. The molecule has 0 atom stereocenters. The number of nitrogens with zero attached hydrogens (tertiary/aromatic N) is 3. The largest absolute Gasteiger partial charge is 0.472 e. The van der Waals surface area contributed by atoms with Crippen LogP contribution in [-0.4, -0.2) is 27.6 Å². The van der Waals surface area contributed by atoms with Gasteiger partial charge in [0.25, 0.3) is 5.56 Å². The zero-order chi connectivity index (χ0) is 19.5. The van der Waals surface area contributed by atoms with Crippen molar-refractivity contribution in [2.45, 2.75) is 13.1 Å². The summed E-state index contributed by atoms with van der Waals surface area (Å²) in [5, 5.41) is 5.84. The summed E-state index contributed by atoms with van der Waals surface area (Å²) in [6.45, 7) is 0.279. The zero-order valence-electron chi connectivity index (χ0n) is 15.4. The smallest absolute Gasteiger partial charge is 0.275 e. The molecule has 2 aromatic heterocycles. The van der Waals surface area contributed by atoms with E-state index in [1.54, 1.807) is 36.6 Å². The van der Waals surface area contributed by atoms with Crippen LogP contribution in [0.1, 0.15) is 5.56 Å². The topological polar surface area (TPSA) is 68.3 Å². The second-order valence-corrected chi connectivity index (χ2v) is 6.60. The van der Waals surface area contributed by atoms with Gasteiger partial charge in [-0.3, -0.25) is 9.59 Å². The third kappa shape index (κ3) is 3.44. The van der Waals surface area contributed by atoms with E-state index < -0.39 is 0 Å². The molecule has 0 saturated carbocycles. The first-order chi connectivity index (χ1) is 13.6. The average Bonchev–Trinajstić information content (AvgIpc) is 3.23. The standard InChI is InChI=1S/C22H19N3O3/c1-24(13-16-11-12-28-15-16)20(26)14-25-22(27)19-10-6-5-9-18(19)21(23-25)17-7-3-2-4-8-17/h2-12,15H,13-14H2,1H3. The van der Waals surface area contributed by atoms with Crippen LogP contribution >= 0.6 is 0 Å². The number of rotatable bonds is 5. The van der Waals surface area contributed by atoms with Gasteiger partial charge in [-0.2, -0.15) is 5.10 Å². The van der Waals surface area contributed by atoms with Crippen molar-refractivity contribution in [2.75, 3.05) is 7.05 Å². The number of fused-ring (bicyclic) bond motifs is 1. The minimum absolute atomic E-state index is 0.127. The lowest BCUT2D eigenvalue weighted by Gasteiger charge is -2.17. The highest BCUT2D eigenvalue weighted by Gasteiger charge is 2.16. The van der Waals surface area contributed by atoms with Crippen molar-refractivity contribution in [1.82, 2.24) is 14.7 Å². The Morgan fingerprint density at radius 1 is 1.04 bits per heavy atom. The lowest BCUT2D eigenvalue weighted by molar-refractivity contribution is -0.131. The molecule has 2 heterocycles. The molecule has 0 spiro atoms. The van der Waals surface area contributed by atoms with Crippen molar-refractivity contribution in [1.29, 1.82) is 0 Å². The summed E-state index contributed by atoms with van der Waals surface area (Å²) in [5.41, 5.74) is 2.19. The van der Waals surface area contributed by atoms with E-state index in [2.05, 4.69) is 5.10 Å². The number of furan rings is 1. The van der Waals surface area contributed by atoms with E-state index >= 15 is 0 Å². The molecule has 0 N–H and O–H groups in total. The lowest BCUT2D eigenvalue weighted by Crippen LogP contribution is -2.35. The maximum atomic E-state index is 12.9. The number of carbonyl (C=O) groups excluding carboxylic acids is 1. The Labute approximate surface area is 161 Å². The van der Waals surface area contributed by atoms with Crippen LogP contribution in [0.4, 0.5) is 0 Å². The third-order valence-corrected chi connectivity index (χ3v) is 4.63. The number of carbonyl (C=O) groups is 1. The van der Waals surface area contributed by atoms with Gasteiger partial charge in [0.1, 0.15) is 6.54 Å². The number of hydrogen-bond donors (Lipinski definition) is 0. The molecule has 4 aromatic rings. The van der Waals surface area contributed by atoms with Gasteiger partial charge in [0.15, 0.2) is 0 Å². The predicted octanol–water partition coefficient (Wildman–Crippen LogP) is 3.32. The van der Waals surface area contributed by atoms with E-state index in [0.29, 0.717) is 17.6 Å². The Morgan fingerprint density at radius 2 is 1.75 bits per heavy atom. The molecule has 0 aliphatic rings. The summed E-state index contributed by atoms with van der Waals surface area (Å²) in [5.74, 6) is -0.204. The summed E-state index contributed by atoms with van der Waals surface area (Å²) in [6, 6.07) is 18.8. The van der Waals surface area contributed by atoms with Gasteiger partial charge in [0.05, 0.1) is 23.6 Å². The molecule has 0 unspecified atom stereocenters. The van der Waals surface area contributed by atoms with Gasteiger partial charge in [0.2, 0.25) is 5.91 Å². The van der Waals surface area contributed by atoms with Crippen molar-refractivity contribution in [2.24, 2.45) is 0 Å². The number of aromatic nitrogens is 2. The Balaban J connectivity index is 1.72. The minimum atomic E-state index is -0.277. The third-order valence-electron chi connectivity index (χ3n) is 4.63. The first-order valence-electron chi connectivity index (χ1n) is 8.94. The van der Waals surface area contributed by atoms with Crippen LogP contribution in [0.3, 0.4) is 0 Å². The summed E-state index contributed by atoms with van der Waals surface area (Å²) in [4.78, 5) is 27.1. The summed E-state index contributed by atoms with van der Waals surface area (Å²) in [6.07, 6.45) is 3.16. The predicted molar refractivity (Wildman–Crippen MR) is 107 cm³/mol. The SMILES string of the molecule is CN(Cc1ccoc1)C(=O)Cn1nc(-c2ccccc2)c2ccccc2c1=O. The van der Waals surface area contributed by atoms with Crippen LogP contribution in [0.2, 0.25) is 0 Å². The highest BCUT2D eigenvalue weighted by atomic mass is 16.3. The molecule has 0 saturated heterocycles. The molecule has 0 fully saturated rings. The Kier molecular flexibility index (Phi) is 4.76. The zero-order valence-corrected chi connectivity index (χ0v) is 15.4. The molecule has 0 bridgehead atoms. The number of hydrogen-bond acceptors (Lipinski definition) is 4. The van der Waals surface area contributed by atoms with Crippen molar-refractivity contribution in [3.05, 3.63) is 89.1 Å². The molecule has 140 valence electrons. The molecule has 28 heavy (non-hydrogen) atoms. The van der Waals surface area contributed by atoms with Crippen molar-refractivity contribution >= 4 is 16.7 Å². The lowest BCUT2D eigenvalue weighted by atomic mass is 10.1. The van der Waals surface area contributed by atoms with E-state index in [9.17, 15) is 9.59 Å². The molecule has 6 heteroatoms. The fourth-order valence-electron chi connectivity index (χ4n) is 3.15. The minimum Gasteiger partial charge on any atom is -0.472 e. The first-order valence-corrected chi connectivity index (χ1v) is 8.94. The van der Waals surface area contributed by atoms with E-state index in [0.717, 1.165) is 16.5 Å². The van der Waals surface area contributed by atoms with Gasteiger partial charge in [-0.15, -0.1) is 0 Å². The maximum absolute atomic E-state index is 12.9. The van der Waals surface area contributed by atoms with Crippen LogP contribution in [-0.2, 0) is 17.9 Å². The molecular weight excluding hydrogens is 354 g/mol. The monoisotopic (exact) mass is 373 g/mol. The Hall–Kier alpha value is -3.67. The highest BCUT2D eigenvalue weighted by molar-refractivity contribution is 5.93. The fraction of sp³-hybridized carbons (Fsp3) is 0.136. The molecule has 0 aliphatic heterocycles. The normalized spacial score (nSPS) is 10.9. The van der Waals surface area contributed by atoms with Gasteiger partial charge in [0, 0.05) is 30.1 Å². The van der Waals surface area contributed by atoms with Crippen LogP contribution in [0.15, 0.2) is 82.4 Å². The molecular formula is C22H19N3O3. The number of amides is 1. The van der Waals surface area contributed by atoms with Crippen molar-refractivity contribution < 1.29 is 9.21 Å². The van der Waals surface area contributed by atoms with E-state index in [-0.39, 0.29) is 18.0 Å². The van der Waals surface area contributed by atoms with Gasteiger partial charge >= 0.3 is 0 Å². The highest BCUT2D eigenvalue weighted by Crippen LogP contribution is 2.24. The second-order valence-electron chi connectivity index (χ2n) is 6.60. The summed E-state index contributed by atoms with van der Waals surface area (Å²) in [7, 11) is 1.69. The fourth-order valence-corrected chi connectivity index (χ4v) is 3.15. The van der Waals surface area contributed by atoms with Gasteiger partial charge in [-0.25, -0.2) is 4.68 Å². The van der Waals surface area contributed by atoms with Crippen molar-refractivity contribution in [3.8, 4) is 11.3 Å². The molecule has 4 rings (SSSR count). The van der Waals surface area contributed by atoms with Gasteiger partial charge in [-0.1, -0.05) is 48.5 Å². The molecule has 6 nitrogen and oxygen atoms in total. The first kappa shape index (κ1) is 17.7. The molecule has 0 aliphatic carbocycles. The van der Waals surface area contributed by atoms with Crippen LogP contribution in [0.25, 0.3) is 22.0 Å². The Bertz CT molecular complexity index is 1160. The average molecular weight is 373 g/mol. The van der Waals surface area contributed by atoms with Gasteiger partial charge < -0.3 is 9.32 Å². The molecule has 1 amide bonds. The molecule has 0 radical (unpaired) electrons. The van der Waals surface area contributed by atoms with Crippen LogP contribution in [0.5, 0.6) is 0 Å².